The van der Waals surface area contributed by atoms with E-state index in [4.69, 9.17) is 16.3 Å². The smallest absolute Gasteiger partial charge is 0.281 e. The van der Waals surface area contributed by atoms with Crippen LogP contribution in [0.5, 0.6) is 5.75 Å². The van der Waals surface area contributed by atoms with Crippen LogP contribution >= 0.6 is 11.6 Å². The first-order valence-electron chi connectivity index (χ1n) is 13.1. The Morgan fingerprint density at radius 1 is 1.11 bits per heavy atom. The Bertz CT molecular complexity index is 1260. The maximum absolute atomic E-state index is 13.2. The van der Waals surface area contributed by atoms with Crippen LogP contribution in [0.25, 0.3) is 0 Å². The van der Waals surface area contributed by atoms with E-state index in [1.807, 2.05) is 17.0 Å². The van der Waals surface area contributed by atoms with Crippen molar-refractivity contribution in [1.29, 1.82) is 0 Å². The molecule has 37 heavy (non-hydrogen) atoms. The van der Waals surface area contributed by atoms with E-state index in [1.165, 1.54) is 12.5 Å². The predicted octanol–water partition coefficient (Wildman–Crippen LogP) is 4.55. The molecule has 2 aromatic rings. The van der Waals surface area contributed by atoms with E-state index in [9.17, 15) is 18.3 Å². The molecule has 1 aromatic carbocycles. The number of amides is 1. The average molecular weight is 548 g/mol. The standard InChI is InChI=1S/C27H34ClN3O5S/c1-26(33)14-16-31(17-15-26)23-8-5-9-24(29-23)37(34,35)30-25(32)27(12-13-27)36-22-18-20(28)10-11-21(22)19-6-3-2-4-7-19/h5,8-11,18-19,33H,2-4,6-7,12-17H2,1H3,(H,30,32). The van der Waals surface area contributed by atoms with E-state index >= 15 is 0 Å². The SMILES string of the molecule is CC1(O)CCN(c2cccc(S(=O)(=O)NC(=O)C3(Oc4cc(Cl)ccc4C4CCCCC4)CC3)n2)CC1. The number of anilines is 1. The fourth-order valence-electron chi connectivity index (χ4n) is 5.26. The first kappa shape index (κ1) is 26.3. The minimum atomic E-state index is -4.21. The van der Waals surface area contributed by atoms with Crippen molar-refractivity contribution in [3.63, 3.8) is 0 Å². The lowest BCUT2D eigenvalue weighted by atomic mass is 9.83. The number of sulfonamides is 1. The monoisotopic (exact) mass is 547 g/mol. The molecule has 1 aliphatic heterocycles. The minimum Gasteiger partial charge on any atom is -0.477 e. The number of piperidine rings is 1. The summed E-state index contributed by atoms with van der Waals surface area (Å²) in [5, 5.41) is 10.5. The van der Waals surface area contributed by atoms with Gasteiger partial charge in [-0.1, -0.05) is 43.0 Å². The fourth-order valence-corrected chi connectivity index (χ4v) is 6.43. The number of hydrogen-bond acceptors (Lipinski definition) is 7. The summed E-state index contributed by atoms with van der Waals surface area (Å²) in [7, 11) is -4.21. The molecular weight excluding hydrogens is 514 g/mol. The first-order valence-corrected chi connectivity index (χ1v) is 14.9. The molecule has 3 aliphatic rings. The van der Waals surface area contributed by atoms with E-state index < -0.39 is 27.1 Å². The predicted molar refractivity (Wildman–Crippen MR) is 142 cm³/mol. The number of carbonyl (C=O) groups is 1. The van der Waals surface area contributed by atoms with Gasteiger partial charge in [-0.05, 0) is 68.4 Å². The second-order valence-corrected chi connectivity index (χ2v) is 12.9. The van der Waals surface area contributed by atoms with Crippen molar-refractivity contribution in [1.82, 2.24) is 9.71 Å². The lowest BCUT2D eigenvalue weighted by Crippen LogP contribution is -2.44. The zero-order chi connectivity index (χ0) is 26.3. The number of nitrogens with one attached hydrogen (secondary N) is 1. The molecule has 0 radical (unpaired) electrons. The van der Waals surface area contributed by atoms with Crippen molar-refractivity contribution in [3.8, 4) is 5.75 Å². The zero-order valence-corrected chi connectivity index (χ0v) is 22.7. The first-order chi connectivity index (χ1) is 17.6. The number of rotatable bonds is 7. The lowest BCUT2D eigenvalue weighted by molar-refractivity contribution is -0.128. The lowest BCUT2D eigenvalue weighted by Gasteiger charge is -2.36. The summed E-state index contributed by atoms with van der Waals surface area (Å²) in [6.45, 7) is 2.93. The van der Waals surface area contributed by atoms with Crippen molar-refractivity contribution in [2.24, 2.45) is 0 Å². The maximum Gasteiger partial charge on any atom is 0.281 e. The summed E-state index contributed by atoms with van der Waals surface area (Å²) >= 11 is 6.26. The van der Waals surface area contributed by atoms with Crippen LogP contribution in [0.1, 0.15) is 76.2 Å². The highest BCUT2D eigenvalue weighted by molar-refractivity contribution is 7.90. The van der Waals surface area contributed by atoms with E-state index in [1.54, 1.807) is 25.1 Å². The van der Waals surface area contributed by atoms with Crippen molar-refractivity contribution in [2.75, 3.05) is 18.0 Å². The van der Waals surface area contributed by atoms with Crippen LogP contribution in [0.15, 0.2) is 41.4 Å². The van der Waals surface area contributed by atoms with Gasteiger partial charge in [0.1, 0.15) is 11.6 Å². The van der Waals surface area contributed by atoms with Crippen LogP contribution in [0.4, 0.5) is 5.82 Å². The van der Waals surface area contributed by atoms with Gasteiger partial charge in [-0.2, -0.15) is 8.42 Å². The molecule has 0 spiro atoms. The van der Waals surface area contributed by atoms with Crippen LogP contribution in [0, 0.1) is 0 Å². The van der Waals surface area contributed by atoms with Gasteiger partial charge in [-0.15, -0.1) is 0 Å². The van der Waals surface area contributed by atoms with E-state index in [2.05, 4.69) is 9.71 Å². The van der Waals surface area contributed by atoms with E-state index in [0.29, 0.717) is 61.3 Å². The number of carbonyl (C=O) groups excluding carboxylic acids is 1. The number of halogens is 1. The number of hydrogen-bond donors (Lipinski definition) is 2. The molecule has 0 unspecified atom stereocenters. The second-order valence-electron chi connectivity index (χ2n) is 10.9. The van der Waals surface area contributed by atoms with Crippen LogP contribution in [0.3, 0.4) is 0 Å². The maximum atomic E-state index is 13.2. The van der Waals surface area contributed by atoms with E-state index in [-0.39, 0.29) is 5.03 Å². The molecule has 1 saturated heterocycles. The van der Waals surface area contributed by atoms with Crippen molar-refractivity contribution >= 4 is 33.3 Å². The molecule has 1 aromatic heterocycles. The van der Waals surface area contributed by atoms with Crippen LogP contribution in [-0.2, 0) is 14.8 Å². The number of aromatic nitrogens is 1. The largest absolute Gasteiger partial charge is 0.477 e. The normalized spacial score (nSPS) is 21.3. The Hall–Kier alpha value is -2.36. The third kappa shape index (κ3) is 5.89. The molecule has 5 rings (SSSR count). The number of nitrogens with zero attached hydrogens (tertiary/aromatic N) is 2. The summed E-state index contributed by atoms with van der Waals surface area (Å²) in [4.78, 5) is 19.5. The molecule has 2 N–H and O–H groups in total. The topological polar surface area (TPSA) is 109 Å². The Balaban J connectivity index is 1.31. The molecular formula is C27H34ClN3O5S. The summed E-state index contributed by atoms with van der Waals surface area (Å²) in [6.07, 6.45) is 7.61. The zero-order valence-electron chi connectivity index (χ0n) is 21.1. The van der Waals surface area contributed by atoms with Gasteiger partial charge in [0, 0.05) is 31.0 Å². The van der Waals surface area contributed by atoms with Gasteiger partial charge in [0.05, 0.1) is 5.60 Å². The minimum absolute atomic E-state index is 0.225. The second kappa shape index (κ2) is 10.1. The van der Waals surface area contributed by atoms with Crippen molar-refractivity contribution < 1.29 is 23.1 Å². The summed E-state index contributed by atoms with van der Waals surface area (Å²) in [5.74, 6) is 0.710. The molecule has 2 aliphatic carbocycles. The molecule has 2 heterocycles. The van der Waals surface area contributed by atoms with E-state index in [0.717, 1.165) is 31.2 Å². The Kier molecular flexibility index (Phi) is 7.15. The highest BCUT2D eigenvalue weighted by atomic mass is 35.5. The van der Waals surface area contributed by atoms with Gasteiger partial charge in [0.25, 0.3) is 15.9 Å². The molecule has 0 atom stereocenters. The Morgan fingerprint density at radius 2 is 1.81 bits per heavy atom. The third-order valence-electron chi connectivity index (χ3n) is 7.82. The molecule has 2 saturated carbocycles. The average Bonchev–Trinajstić information content (AvgIpc) is 3.65. The fraction of sp³-hybridized carbons (Fsp3) is 0.556. The summed E-state index contributed by atoms with van der Waals surface area (Å²) in [6, 6.07) is 10.3. The molecule has 10 heteroatoms. The Labute approximate surface area is 223 Å². The summed E-state index contributed by atoms with van der Waals surface area (Å²) in [5.41, 5.74) is -0.940. The molecule has 200 valence electrons. The van der Waals surface area contributed by atoms with Crippen molar-refractivity contribution in [2.45, 2.75) is 86.9 Å². The van der Waals surface area contributed by atoms with Crippen LogP contribution < -0.4 is 14.4 Å². The van der Waals surface area contributed by atoms with Crippen LogP contribution in [0.2, 0.25) is 5.02 Å². The van der Waals surface area contributed by atoms with Gasteiger partial charge in [-0.25, -0.2) is 9.71 Å². The Morgan fingerprint density at radius 3 is 2.49 bits per heavy atom. The molecule has 3 fully saturated rings. The van der Waals surface area contributed by atoms with Gasteiger partial charge >= 0.3 is 0 Å². The molecule has 0 bridgehead atoms. The molecule has 8 nitrogen and oxygen atoms in total. The quantitative estimate of drug-likeness (QED) is 0.523. The van der Waals surface area contributed by atoms with Gasteiger partial charge in [0.2, 0.25) is 0 Å². The number of pyridine rings is 1. The van der Waals surface area contributed by atoms with Gasteiger partial charge in [0.15, 0.2) is 10.6 Å². The number of ether oxygens (including phenoxy) is 1. The highest BCUT2D eigenvalue weighted by Crippen LogP contribution is 2.45. The summed E-state index contributed by atoms with van der Waals surface area (Å²) < 4.78 is 34.7. The van der Waals surface area contributed by atoms with Gasteiger partial charge in [-0.3, -0.25) is 4.79 Å². The van der Waals surface area contributed by atoms with Crippen molar-refractivity contribution in [3.05, 3.63) is 47.0 Å². The number of aliphatic hydroxyl groups is 1. The van der Waals surface area contributed by atoms with Gasteiger partial charge < -0.3 is 14.7 Å². The van der Waals surface area contributed by atoms with Crippen LogP contribution in [-0.4, -0.2) is 48.7 Å². The highest BCUT2D eigenvalue weighted by Gasteiger charge is 2.54. The third-order valence-corrected chi connectivity index (χ3v) is 9.29. The molecule has 1 amide bonds. The number of benzene rings is 1.